The lowest BCUT2D eigenvalue weighted by molar-refractivity contribution is 0.560. The number of sulfonamides is 1. The molecule has 1 fully saturated rings. The Kier molecular flexibility index (Phi) is 4.96. The number of benzene rings is 1. The van der Waals surface area contributed by atoms with E-state index < -0.39 is 26.6 Å². The predicted molar refractivity (Wildman–Crippen MR) is 88.6 cm³/mol. The Morgan fingerprint density at radius 3 is 2.36 bits per heavy atom. The van der Waals surface area contributed by atoms with E-state index >= 15 is 0 Å². The highest BCUT2D eigenvalue weighted by Gasteiger charge is 2.19. The number of nitrogens with one attached hydrogen (secondary N) is 1. The van der Waals surface area contributed by atoms with Gasteiger partial charge in [-0.2, -0.15) is 0 Å². The molecule has 3 rings (SSSR count). The average molecular weight is 368 g/mol. The standard InChI is InChI=1S/C16H18F2N4O2S/c1-11-6-16(22-4-2-3-5-22)21-15(20-11)10-19-25(23,24)14-8-12(17)7-13(18)9-14/h6-9,19H,2-5,10H2,1H3. The summed E-state index contributed by atoms with van der Waals surface area (Å²) in [5.74, 6) is -0.842. The summed E-state index contributed by atoms with van der Waals surface area (Å²) in [4.78, 5) is 10.3. The second kappa shape index (κ2) is 7.01. The maximum atomic E-state index is 13.2. The van der Waals surface area contributed by atoms with Gasteiger partial charge in [-0.15, -0.1) is 0 Å². The van der Waals surface area contributed by atoms with E-state index in [0.29, 0.717) is 11.9 Å². The summed E-state index contributed by atoms with van der Waals surface area (Å²) in [6, 6.07) is 3.99. The zero-order valence-corrected chi connectivity index (χ0v) is 14.5. The first-order valence-electron chi connectivity index (χ1n) is 7.89. The van der Waals surface area contributed by atoms with E-state index in [1.54, 1.807) is 6.92 Å². The van der Waals surface area contributed by atoms with Crippen LogP contribution in [0.3, 0.4) is 0 Å². The Hall–Kier alpha value is -2.13. The molecule has 1 aromatic carbocycles. The lowest BCUT2D eigenvalue weighted by Gasteiger charge is -2.17. The van der Waals surface area contributed by atoms with Crippen molar-refractivity contribution in [3.63, 3.8) is 0 Å². The molecule has 1 saturated heterocycles. The third-order valence-electron chi connectivity index (χ3n) is 3.88. The Bertz CT molecular complexity index is 863. The number of nitrogens with zero attached hydrogens (tertiary/aromatic N) is 3. The van der Waals surface area contributed by atoms with Crippen LogP contribution in [-0.2, 0) is 16.6 Å². The summed E-state index contributed by atoms with van der Waals surface area (Å²) in [5.41, 5.74) is 0.725. The van der Waals surface area contributed by atoms with Crippen molar-refractivity contribution >= 4 is 15.8 Å². The highest BCUT2D eigenvalue weighted by molar-refractivity contribution is 7.89. The number of rotatable bonds is 5. The van der Waals surface area contributed by atoms with Gasteiger partial charge in [-0.25, -0.2) is 31.9 Å². The van der Waals surface area contributed by atoms with Gasteiger partial charge in [-0.05, 0) is 31.9 Å². The summed E-state index contributed by atoms with van der Waals surface area (Å²) in [5, 5.41) is 0. The van der Waals surface area contributed by atoms with Crippen LogP contribution in [0.2, 0.25) is 0 Å². The van der Waals surface area contributed by atoms with Gasteiger partial charge in [0, 0.05) is 30.9 Å². The molecule has 6 nitrogen and oxygen atoms in total. The van der Waals surface area contributed by atoms with Crippen molar-refractivity contribution < 1.29 is 17.2 Å². The number of aryl methyl sites for hydroxylation is 1. The van der Waals surface area contributed by atoms with E-state index in [4.69, 9.17) is 0 Å². The van der Waals surface area contributed by atoms with Crippen LogP contribution >= 0.6 is 0 Å². The second-order valence-electron chi connectivity index (χ2n) is 5.91. The van der Waals surface area contributed by atoms with Gasteiger partial charge >= 0.3 is 0 Å². The first-order chi connectivity index (χ1) is 11.8. The predicted octanol–water partition coefficient (Wildman–Crippen LogP) is 2.14. The maximum absolute atomic E-state index is 13.2. The normalized spacial score (nSPS) is 14.9. The highest BCUT2D eigenvalue weighted by Crippen LogP contribution is 2.19. The van der Waals surface area contributed by atoms with Crippen molar-refractivity contribution in [3.05, 3.63) is 47.4 Å². The molecule has 2 heterocycles. The lowest BCUT2D eigenvalue weighted by atomic mass is 10.3. The van der Waals surface area contributed by atoms with Gasteiger partial charge in [0.1, 0.15) is 23.3 Å². The highest BCUT2D eigenvalue weighted by atomic mass is 32.2. The summed E-state index contributed by atoms with van der Waals surface area (Å²) in [7, 11) is -4.07. The van der Waals surface area contributed by atoms with Gasteiger partial charge < -0.3 is 4.90 Å². The van der Waals surface area contributed by atoms with Crippen LogP contribution in [0.15, 0.2) is 29.2 Å². The Morgan fingerprint density at radius 1 is 1.08 bits per heavy atom. The van der Waals surface area contributed by atoms with Crippen molar-refractivity contribution in [1.29, 1.82) is 0 Å². The first-order valence-corrected chi connectivity index (χ1v) is 9.37. The summed E-state index contributed by atoms with van der Waals surface area (Å²) < 4.78 is 53.2. The van der Waals surface area contributed by atoms with E-state index in [9.17, 15) is 17.2 Å². The third-order valence-corrected chi connectivity index (χ3v) is 5.26. The number of halogens is 2. The van der Waals surface area contributed by atoms with Crippen molar-refractivity contribution in [1.82, 2.24) is 14.7 Å². The van der Waals surface area contributed by atoms with Crippen LogP contribution in [0.1, 0.15) is 24.4 Å². The molecule has 25 heavy (non-hydrogen) atoms. The van der Waals surface area contributed by atoms with Crippen LogP contribution in [0.4, 0.5) is 14.6 Å². The molecule has 1 aliphatic rings. The van der Waals surface area contributed by atoms with Crippen LogP contribution in [-0.4, -0.2) is 31.5 Å². The monoisotopic (exact) mass is 368 g/mol. The van der Waals surface area contributed by atoms with Gasteiger partial charge in [-0.1, -0.05) is 0 Å². The molecule has 2 aromatic rings. The van der Waals surface area contributed by atoms with E-state index in [1.165, 1.54) is 0 Å². The largest absolute Gasteiger partial charge is 0.357 e. The SMILES string of the molecule is Cc1cc(N2CCCC2)nc(CNS(=O)(=O)c2cc(F)cc(F)c2)n1. The van der Waals surface area contributed by atoms with Crippen LogP contribution in [0.5, 0.6) is 0 Å². The molecule has 0 atom stereocenters. The molecule has 1 aromatic heterocycles. The molecular weight excluding hydrogens is 350 g/mol. The molecule has 0 aliphatic carbocycles. The zero-order valence-electron chi connectivity index (χ0n) is 13.7. The van der Waals surface area contributed by atoms with Gasteiger partial charge in [-0.3, -0.25) is 0 Å². The Morgan fingerprint density at radius 2 is 1.72 bits per heavy atom. The molecule has 0 unspecified atom stereocenters. The minimum absolute atomic E-state index is 0.164. The second-order valence-corrected chi connectivity index (χ2v) is 7.67. The average Bonchev–Trinajstić information content (AvgIpc) is 3.06. The lowest BCUT2D eigenvalue weighted by Crippen LogP contribution is -2.26. The number of hydrogen-bond acceptors (Lipinski definition) is 5. The fraction of sp³-hybridized carbons (Fsp3) is 0.375. The molecule has 1 N–H and O–H groups in total. The van der Waals surface area contributed by atoms with Crippen molar-refractivity contribution in [2.45, 2.75) is 31.2 Å². The third kappa shape index (κ3) is 4.29. The molecule has 0 amide bonds. The van der Waals surface area contributed by atoms with Crippen LogP contribution in [0.25, 0.3) is 0 Å². The first kappa shape index (κ1) is 17.7. The maximum Gasteiger partial charge on any atom is 0.241 e. The minimum Gasteiger partial charge on any atom is -0.357 e. The van der Waals surface area contributed by atoms with Crippen molar-refractivity contribution in [2.75, 3.05) is 18.0 Å². The van der Waals surface area contributed by atoms with E-state index in [0.717, 1.165) is 49.6 Å². The molecule has 134 valence electrons. The molecule has 0 bridgehead atoms. The number of anilines is 1. The molecule has 0 saturated carbocycles. The van der Waals surface area contributed by atoms with Gasteiger partial charge in [0.25, 0.3) is 0 Å². The fourth-order valence-electron chi connectivity index (χ4n) is 2.73. The molecule has 1 aliphatic heterocycles. The fourth-order valence-corrected chi connectivity index (χ4v) is 3.75. The molecule has 9 heteroatoms. The smallest absolute Gasteiger partial charge is 0.241 e. The topological polar surface area (TPSA) is 75.2 Å². The van der Waals surface area contributed by atoms with Gasteiger partial charge in [0.2, 0.25) is 10.0 Å². The molecular formula is C16H18F2N4O2S. The van der Waals surface area contributed by atoms with E-state index in [1.807, 2.05) is 6.07 Å². The number of aromatic nitrogens is 2. The zero-order chi connectivity index (χ0) is 18.0. The van der Waals surface area contributed by atoms with Gasteiger partial charge in [0.15, 0.2) is 0 Å². The van der Waals surface area contributed by atoms with Crippen molar-refractivity contribution in [3.8, 4) is 0 Å². The van der Waals surface area contributed by atoms with Crippen LogP contribution in [0, 0.1) is 18.6 Å². The Labute approximate surface area is 145 Å². The van der Waals surface area contributed by atoms with Crippen molar-refractivity contribution in [2.24, 2.45) is 0 Å². The Balaban J connectivity index is 1.78. The number of hydrogen-bond donors (Lipinski definition) is 1. The summed E-state index contributed by atoms with van der Waals surface area (Å²) >= 11 is 0. The summed E-state index contributed by atoms with van der Waals surface area (Å²) in [6.45, 7) is 3.46. The minimum atomic E-state index is -4.07. The van der Waals surface area contributed by atoms with E-state index in [2.05, 4.69) is 19.6 Å². The quantitative estimate of drug-likeness (QED) is 0.875. The van der Waals surface area contributed by atoms with Crippen LogP contribution < -0.4 is 9.62 Å². The summed E-state index contributed by atoms with van der Waals surface area (Å²) in [6.07, 6.45) is 2.19. The van der Waals surface area contributed by atoms with Gasteiger partial charge in [0.05, 0.1) is 11.4 Å². The molecule has 0 spiro atoms. The molecule has 0 radical (unpaired) electrons. The van der Waals surface area contributed by atoms with E-state index in [-0.39, 0.29) is 6.54 Å².